The van der Waals surface area contributed by atoms with Crippen molar-refractivity contribution in [2.45, 2.75) is 12.3 Å². The Bertz CT molecular complexity index is 1020. The number of aliphatic hydroxyl groups is 1. The number of nitrogens with zero attached hydrogens (tertiary/aromatic N) is 3. The number of hydrogen-bond donors (Lipinski definition) is 1. The van der Waals surface area contributed by atoms with Crippen LogP contribution in [-0.2, 0) is 0 Å². The average molecular weight is 361 g/mol. The zero-order valence-corrected chi connectivity index (χ0v) is 14.8. The quantitative estimate of drug-likeness (QED) is 0.566. The first-order valence-corrected chi connectivity index (χ1v) is 8.60. The molecule has 2 atom stereocenters. The molecule has 0 saturated carbocycles. The molecule has 3 aromatic carbocycles. The Morgan fingerprint density at radius 1 is 0.852 bits per heavy atom. The lowest BCUT2D eigenvalue weighted by Gasteiger charge is -2.25. The largest absolute Gasteiger partial charge is 0.497 e. The van der Waals surface area contributed by atoms with E-state index in [-0.39, 0.29) is 0 Å². The smallest absolute Gasteiger partial charge is 0.223 e. The van der Waals surface area contributed by atoms with Gasteiger partial charge in [-0.15, -0.1) is 5.10 Å². The monoisotopic (exact) mass is 361 g/mol. The Labute approximate surface area is 156 Å². The van der Waals surface area contributed by atoms with Crippen LogP contribution in [0, 0.1) is 0 Å². The summed E-state index contributed by atoms with van der Waals surface area (Å²) in [6, 6.07) is 24.2. The third-order valence-electron chi connectivity index (χ3n) is 4.35. The van der Waals surface area contributed by atoms with Gasteiger partial charge >= 0.3 is 0 Å². The van der Waals surface area contributed by atoms with Gasteiger partial charge in [-0.25, -0.2) is 4.68 Å². The first-order valence-electron chi connectivity index (χ1n) is 8.60. The highest BCUT2D eigenvalue weighted by Gasteiger charge is 2.27. The van der Waals surface area contributed by atoms with E-state index < -0.39 is 12.3 Å². The van der Waals surface area contributed by atoms with Gasteiger partial charge in [-0.05, 0) is 42.0 Å². The molecule has 0 saturated heterocycles. The molecule has 1 N–H and O–H groups in total. The fourth-order valence-corrected chi connectivity index (χ4v) is 2.93. The summed E-state index contributed by atoms with van der Waals surface area (Å²) in [5.74, 6) is 1.35. The predicted octanol–water partition coefficient (Wildman–Crippen LogP) is 3.75. The number of methoxy groups -OCH3 is 1. The molecule has 0 bridgehead atoms. The highest BCUT2D eigenvalue weighted by Crippen LogP contribution is 2.31. The topological polar surface area (TPSA) is 69.4 Å². The average Bonchev–Trinajstić information content (AvgIpc) is 3.16. The molecule has 0 radical (unpaired) electrons. The van der Waals surface area contributed by atoms with Crippen LogP contribution in [0.15, 0.2) is 78.9 Å². The molecular weight excluding hydrogens is 342 g/mol. The molecule has 6 heteroatoms. The molecule has 0 aliphatic rings. The van der Waals surface area contributed by atoms with Gasteiger partial charge in [-0.2, -0.15) is 0 Å². The molecule has 1 aromatic heterocycles. The third kappa shape index (κ3) is 3.47. The Morgan fingerprint density at radius 3 is 2.30 bits per heavy atom. The molecule has 27 heavy (non-hydrogen) atoms. The second-order valence-electron chi connectivity index (χ2n) is 6.06. The van der Waals surface area contributed by atoms with Gasteiger partial charge in [0, 0.05) is 0 Å². The van der Waals surface area contributed by atoms with Crippen LogP contribution in [0.1, 0.15) is 17.9 Å². The van der Waals surface area contributed by atoms with Gasteiger partial charge < -0.3 is 14.6 Å². The molecule has 4 rings (SSSR count). The number of fused-ring (bicyclic) bond motifs is 1. The molecule has 0 aliphatic carbocycles. The summed E-state index contributed by atoms with van der Waals surface area (Å²) in [7, 11) is 1.61. The number of benzene rings is 3. The lowest BCUT2D eigenvalue weighted by atomic mass is 10.1. The number of aromatic nitrogens is 3. The fourth-order valence-electron chi connectivity index (χ4n) is 2.93. The van der Waals surface area contributed by atoms with Crippen molar-refractivity contribution in [3.63, 3.8) is 0 Å². The van der Waals surface area contributed by atoms with E-state index in [1.165, 1.54) is 0 Å². The van der Waals surface area contributed by atoms with Gasteiger partial charge in [-0.1, -0.05) is 47.7 Å². The van der Waals surface area contributed by atoms with Crippen LogP contribution in [0.4, 0.5) is 0 Å². The minimum absolute atomic E-state index is 0.634. The normalized spacial score (nSPS) is 13.3. The van der Waals surface area contributed by atoms with E-state index in [0.29, 0.717) is 11.3 Å². The standard InChI is InChI=1S/C21H19N3O3/c1-26-16-13-11-15(12-14-16)20(25)21(27-17-7-3-2-4-8-17)24-19-10-6-5-9-18(19)22-23-24/h2-14,20-21,25H,1H3. The Hall–Kier alpha value is -3.38. The summed E-state index contributed by atoms with van der Waals surface area (Å²) in [5.41, 5.74) is 2.21. The SMILES string of the molecule is COc1ccc(C(O)C(Oc2ccccc2)n2nnc3ccccc32)cc1. The van der Waals surface area contributed by atoms with Crippen LogP contribution in [0.5, 0.6) is 11.5 Å². The molecular formula is C21H19N3O3. The number of aliphatic hydroxyl groups excluding tert-OH is 1. The van der Waals surface area contributed by atoms with E-state index in [0.717, 1.165) is 16.8 Å². The number of para-hydroxylation sites is 2. The molecule has 2 unspecified atom stereocenters. The highest BCUT2D eigenvalue weighted by molar-refractivity contribution is 5.74. The maximum absolute atomic E-state index is 11.1. The van der Waals surface area contributed by atoms with Gasteiger partial charge in [0.15, 0.2) is 0 Å². The molecule has 0 fully saturated rings. The first kappa shape index (κ1) is 17.1. The number of ether oxygens (including phenoxy) is 2. The van der Waals surface area contributed by atoms with E-state index in [1.807, 2.05) is 66.7 Å². The fraction of sp³-hybridized carbons (Fsp3) is 0.143. The Morgan fingerprint density at radius 2 is 1.56 bits per heavy atom. The summed E-state index contributed by atoms with van der Waals surface area (Å²) < 4.78 is 12.9. The summed E-state index contributed by atoms with van der Waals surface area (Å²) >= 11 is 0. The summed E-state index contributed by atoms with van der Waals surface area (Å²) in [4.78, 5) is 0. The van der Waals surface area contributed by atoms with E-state index in [1.54, 1.807) is 23.9 Å². The lowest BCUT2D eigenvalue weighted by molar-refractivity contribution is -0.0173. The van der Waals surface area contributed by atoms with E-state index >= 15 is 0 Å². The van der Waals surface area contributed by atoms with E-state index in [9.17, 15) is 5.11 Å². The molecule has 0 aliphatic heterocycles. The van der Waals surface area contributed by atoms with Crippen LogP contribution >= 0.6 is 0 Å². The van der Waals surface area contributed by atoms with Crippen molar-refractivity contribution in [3.8, 4) is 11.5 Å². The van der Waals surface area contributed by atoms with Gasteiger partial charge in [0.1, 0.15) is 23.1 Å². The van der Waals surface area contributed by atoms with Crippen molar-refractivity contribution in [2.24, 2.45) is 0 Å². The van der Waals surface area contributed by atoms with Crippen LogP contribution in [0.3, 0.4) is 0 Å². The summed E-state index contributed by atoms with van der Waals surface area (Å²) in [6.07, 6.45) is -1.74. The van der Waals surface area contributed by atoms with Gasteiger partial charge in [0.25, 0.3) is 0 Å². The van der Waals surface area contributed by atoms with Crippen molar-refractivity contribution in [1.82, 2.24) is 15.0 Å². The minimum Gasteiger partial charge on any atom is -0.497 e. The molecule has 0 spiro atoms. The molecule has 6 nitrogen and oxygen atoms in total. The van der Waals surface area contributed by atoms with Crippen LogP contribution in [0.25, 0.3) is 11.0 Å². The van der Waals surface area contributed by atoms with E-state index in [2.05, 4.69) is 10.3 Å². The molecule has 4 aromatic rings. The Balaban J connectivity index is 1.75. The molecule has 1 heterocycles. The zero-order valence-electron chi connectivity index (χ0n) is 14.8. The van der Waals surface area contributed by atoms with Crippen molar-refractivity contribution >= 4 is 11.0 Å². The second kappa shape index (κ2) is 7.47. The molecule has 136 valence electrons. The van der Waals surface area contributed by atoms with Gasteiger partial charge in [0.05, 0.1) is 12.6 Å². The van der Waals surface area contributed by atoms with Crippen molar-refractivity contribution < 1.29 is 14.6 Å². The van der Waals surface area contributed by atoms with Gasteiger partial charge in [0.2, 0.25) is 6.23 Å². The molecule has 0 amide bonds. The predicted molar refractivity (Wildman–Crippen MR) is 102 cm³/mol. The van der Waals surface area contributed by atoms with Crippen molar-refractivity contribution in [2.75, 3.05) is 7.11 Å². The lowest BCUT2D eigenvalue weighted by Crippen LogP contribution is -2.24. The number of hydrogen-bond acceptors (Lipinski definition) is 5. The zero-order chi connectivity index (χ0) is 18.6. The van der Waals surface area contributed by atoms with Gasteiger partial charge in [-0.3, -0.25) is 0 Å². The second-order valence-corrected chi connectivity index (χ2v) is 6.06. The number of rotatable bonds is 6. The highest BCUT2D eigenvalue weighted by atomic mass is 16.5. The third-order valence-corrected chi connectivity index (χ3v) is 4.35. The minimum atomic E-state index is -0.957. The van der Waals surface area contributed by atoms with Crippen molar-refractivity contribution in [1.29, 1.82) is 0 Å². The summed E-state index contributed by atoms with van der Waals surface area (Å²) in [6.45, 7) is 0. The summed E-state index contributed by atoms with van der Waals surface area (Å²) in [5, 5.41) is 19.5. The van der Waals surface area contributed by atoms with Crippen LogP contribution in [-0.4, -0.2) is 27.2 Å². The maximum atomic E-state index is 11.1. The maximum Gasteiger partial charge on any atom is 0.223 e. The van der Waals surface area contributed by atoms with Crippen LogP contribution in [0.2, 0.25) is 0 Å². The van der Waals surface area contributed by atoms with Crippen molar-refractivity contribution in [3.05, 3.63) is 84.4 Å². The van der Waals surface area contributed by atoms with Crippen LogP contribution < -0.4 is 9.47 Å². The Kier molecular flexibility index (Phi) is 4.72. The first-order chi connectivity index (χ1) is 13.3. The van der Waals surface area contributed by atoms with E-state index in [4.69, 9.17) is 9.47 Å².